The minimum Gasteiger partial charge on any atom is -0.309 e. The molecule has 0 saturated heterocycles. The second-order valence-corrected chi connectivity index (χ2v) is 5.88. The maximum atomic E-state index is 2.48. The number of nitrogens with zero attached hydrogens (tertiary/aromatic N) is 1. The van der Waals surface area contributed by atoms with Crippen LogP contribution in [0.2, 0.25) is 0 Å². The minimum absolute atomic E-state index is 0.392. The van der Waals surface area contributed by atoms with Crippen LogP contribution in [-0.2, 0) is 0 Å². The van der Waals surface area contributed by atoms with Crippen LogP contribution in [0.3, 0.4) is 0 Å². The van der Waals surface area contributed by atoms with Crippen molar-refractivity contribution in [3.8, 4) is 0 Å². The number of hydrogen-bond donors (Lipinski definition) is 0. The van der Waals surface area contributed by atoms with Gasteiger partial charge < -0.3 is 4.90 Å². The Kier molecular flexibility index (Phi) is 3.77. The maximum absolute atomic E-state index is 2.48. The molecule has 1 unspecified atom stereocenters. The lowest BCUT2D eigenvalue weighted by atomic mass is 9.77. The molecule has 1 rings (SSSR count). The first-order valence-electron chi connectivity index (χ1n) is 5.74. The van der Waals surface area contributed by atoms with Gasteiger partial charge in [0.05, 0.1) is 0 Å². The summed E-state index contributed by atoms with van der Waals surface area (Å²) in [7, 11) is 4.34. The van der Waals surface area contributed by atoms with Crippen molar-refractivity contribution in [2.75, 3.05) is 20.6 Å². The molecule has 0 heterocycles. The van der Waals surface area contributed by atoms with E-state index in [1.165, 1.54) is 25.8 Å². The lowest BCUT2D eigenvalue weighted by Crippen LogP contribution is -2.24. The molecule has 82 valence electrons. The average molecular weight is 195 g/mol. The second-order valence-electron chi connectivity index (χ2n) is 5.88. The summed E-state index contributed by atoms with van der Waals surface area (Å²) in [5.74, 6) is 0.885. The molecule has 0 aromatic carbocycles. The quantitative estimate of drug-likeness (QED) is 0.611. The van der Waals surface area contributed by atoms with Crippen LogP contribution in [0.4, 0.5) is 0 Å². The molecule has 0 radical (unpaired) electrons. The van der Waals surface area contributed by atoms with Crippen molar-refractivity contribution in [1.29, 1.82) is 0 Å². The molecule has 0 bridgehead atoms. The third-order valence-corrected chi connectivity index (χ3v) is 3.11. The van der Waals surface area contributed by atoms with Gasteiger partial charge in [-0.3, -0.25) is 0 Å². The van der Waals surface area contributed by atoms with Gasteiger partial charge in [-0.15, -0.1) is 0 Å². The fraction of sp³-hybridized carbons (Fsp3) is 0.846. The summed E-state index contributed by atoms with van der Waals surface area (Å²) in [5.41, 5.74) is 2.05. The monoisotopic (exact) mass is 195 g/mol. The van der Waals surface area contributed by atoms with Crippen LogP contribution >= 0.6 is 0 Å². The largest absolute Gasteiger partial charge is 0.309 e. The number of allylic oxidation sites excluding steroid dienone is 2. The van der Waals surface area contributed by atoms with Gasteiger partial charge in [-0.25, -0.2) is 0 Å². The normalized spacial score (nSPS) is 23.9. The first-order valence-corrected chi connectivity index (χ1v) is 5.74. The third kappa shape index (κ3) is 3.45. The van der Waals surface area contributed by atoms with Crippen molar-refractivity contribution < 1.29 is 0 Å². The third-order valence-electron chi connectivity index (χ3n) is 3.11. The number of hydrogen-bond acceptors (Lipinski definition) is 1. The highest BCUT2D eigenvalue weighted by Gasteiger charge is 2.22. The van der Waals surface area contributed by atoms with Crippen molar-refractivity contribution >= 4 is 0 Å². The van der Waals surface area contributed by atoms with E-state index in [9.17, 15) is 0 Å². The van der Waals surface area contributed by atoms with Crippen molar-refractivity contribution in [3.63, 3.8) is 0 Å². The highest BCUT2D eigenvalue weighted by molar-refractivity contribution is 5.13. The highest BCUT2D eigenvalue weighted by atomic mass is 15.1. The first-order chi connectivity index (χ1) is 6.39. The van der Waals surface area contributed by atoms with Crippen LogP contribution in [0, 0.1) is 11.3 Å². The first kappa shape index (κ1) is 11.8. The van der Waals surface area contributed by atoms with E-state index in [4.69, 9.17) is 0 Å². The van der Waals surface area contributed by atoms with Crippen LogP contribution in [0.15, 0.2) is 11.6 Å². The summed E-state index contributed by atoms with van der Waals surface area (Å²) in [6.07, 6.45) is 6.45. The van der Waals surface area contributed by atoms with Gasteiger partial charge in [0, 0.05) is 6.54 Å². The van der Waals surface area contributed by atoms with Gasteiger partial charge in [-0.05, 0) is 44.7 Å². The van der Waals surface area contributed by atoms with E-state index in [0.29, 0.717) is 5.41 Å². The van der Waals surface area contributed by atoms with Gasteiger partial charge >= 0.3 is 0 Å². The zero-order chi connectivity index (χ0) is 10.8. The van der Waals surface area contributed by atoms with Gasteiger partial charge in [-0.1, -0.05) is 32.4 Å². The van der Waals surface area contributed by atoms with Gasteiger partial charge in [0.15, 0.2) is 0 Å². The summed E-state index contributed by atoms with van der Waals surface area (Å²) in [5, 5.41) is 0. The molecule has 1 aliphatic rings. The average Bonchev–Trinajstić information content (AvgIpc) is 2.02. The molecule has 0 N–H and O–H groups in total. The molecule has 0 aromatic heterocycles. The standard InChI is InChI=1S/C13H25N/c1-13(2,3)12-8-6-11(7-9-12)10-14(4)5/h8,11H,6-7,9-10H2,1-5H3. The van der Waals surface area contributed by atoms with Crippen LogP contribution in [0.25, 0.3) is 0 Å². The fourth-order valence-corrected chi connectivity index (χ4v) is 2.25. The molecule has 1 heteroatoms. The summed E-state index contributed by atoms with van der Waals surface area (Å²) < 4.78 is 0. The summed E-state index contributed by atoms with van der Waals surface area (Å²) in [4.78, 5) is 2.31. The second kappa shape index (κ2) is 4.48. The predicted octanol–water partition coefficient (Wildman–Crippen LogP) is 3.32. The highest BCUT2D eigenvalue weighted by Crippen LogP contribution is 2.35. The molecular weight excluding hydrogens is 170 g/mol. The molecule has 0 aromatic rings. The smallest absolute Gasteiger partial charge is 0.000663 e. The summed E-state index contributed by atoms with van der Waals surface area (Å²) in [6, 6.07) is 0. The Morgan fingerprint density at radius 1 is 1.36 bits per heavy atom. The molecule has 0 spiro atoms. The van der Waals surface area contributed by atoms with E-state index < -0.39 is 0 Å². The van der Waals surface area contributed by atoms with Crippen molar-refractivity contribution in [2.24, 2.45) is 11.3 Å². The minimum atomic E-state index is 0.392. The Balaban J connectivity index is 2.47. The molecule has 0 aliphatic heterocycles. The Hall–Kier alpha value is -0.300. The van der Waals surface area contributed by atoms with Crippen LogP contribution < -0.4 is 0 Å². The molecule has 1 nitrogen and oxygen atoms in total. The van der Waals surface area contributed by atoms with Crippen molar-refractivity contribution in [1.82, 2.24) is 4.90 Å². The van der Waals surface area contributed by atoms with Crippen molar-refractivity contribution in [3.05, 3.63) is 11.6 Å². The fourth-order valence-electron chi connectivity index (χ4n) is 2.25. The lowest BCUT2D eigenvalue weighted by Gasteiger charge is -2.30. The Labute approximate surface area is 89.2 Å². The Morgan fingerprint density at radius 3 is 2.36 bits per heavy atom. The van der Waals surface area contributed by atoms with Crippen molar-refractivity contribution in [2.45, 2.75) is 40.0 Å². The summed E-state index contributed by atoms with van der Waals surface area (Å²) in [6.45, 7) is 8.22. The van der Waals surface area contributed by atoms with E-state index in [1.807, 2.05) is 0 Å². The SMILES string of the molecule is CN(C)CC1CC=C(C(C)(C)C)CC1. The maximum Gasteiger partial charge on any atom is 0.000663 e. The van der Waals surface area contributed by atoms with Gasteiger partial charge in [-0.2, -0.15) is 0 Å². The predicted molar refractivity (Wildman–Crippen MR) is 63.4 cm³/mol. The molecular formula is C13H25N. The van der Waals surface area contributed by atoms with E-state index in [2.05, 4.69) is 45.8 Å². The van der Waals surface area contributed by atoms with E-state index >= 15 is 0 Å². The lowest BCUT2D eigenvalue weighted by molar-refractivity contribution is 0.297. The zero-order valence-electron chi connectivity index (χ0n) is 10.4. The Bertz CT molecular complexity index is 208. The topological polar surface area (TPSA) is 3.24 Å². The summed E-state index contributed by atoms with van der Waals surface area (Å²) >= 11 is 0. The molecule has 1 aliphatic carbocycles. The van der Waals surface area contributed by atoms with Crippen LogP contribution in [0.5, 0.6) is 0 Å². The molecule has 0 saturated carbocycles. The molecule has 14 heavy (non-hydrogen) atoms. The van der Waals surface area contributed by atoms with Crippen LogP contribution in [0.1, 0.15) is 40.0 Å². The van der Waals surface area contributed by atoms with E-state index in [1.54, 1.807) is 5.57 Å². The zero-order valence-corrected chi connectivity index (χ0v) is 10.4. The van der Waals surface area contributed by atoms with Gasteiger partial charge in [0.2, 0.25) is 0 Å². The van der Waals surface area contributed by atoms with Crippen LogP contribution in [-0.4, -0.2) is 25.5 Å². The van der Waals surface area contributed by atoms with Gasteiger partial charge in [0.25, 0.3) is 0 Å². The van der Waals surface area contributed by atoms with E-state index in [-0.39, 0.29) is 0 Å². The number of rotatable bonds is 2. The van der Waals surface area contributed by atoms with E-state index in [0.717, 1.165) is 5.92 Å². The molecule has 1 atom stereocenters. The molecule has 0 fully saturated rings. The Morgan fingerprint density at radius 2 is 2.00 bits per heavy atom. The van der Waals surface area contributed by atoms with Gasteiger partial charge in [0.1, 0.15) is 0 Å². The molecule has 0 amide bonds.